The summed E-state index contributed by atoms with van der Waals surface area (Å²) in [6.45, 7) is 4.63. The Morgan fingerprint density at radius 1 is 0.538 bits per heavy atom. The van der Waals surface area contributed by atoms with Crippen molar-refractivity contribution in [2.75, 3.05) is 40.9 Å². The van der Waals surface area contributed by atoms with Crippen molar-refractivity contribution in [1.82, 2.24) is 5.32 Å². The largest absolute Gasteiger partial charge is 0.472 e. The first-order valence-electron chi connectivity index (χ1n) is 25.8. The topological polar surface area (TPSA) is 105 Å². The number of carbonyl (C=O) groups is 1. The zero-order valence-corrected chi connectivity index (χ0v) is 43.1. The molecule has 0 aliphatic carbocycles. The summed E-state index contributed by atoms with van der Waals surface area (Å²) in [5.74, 6) is -0.205. The highest BCUT2D eigenvalue weighted by molar-refractivity contribution is 7.47. The fraction of sp³-hybridized carbons (Fsp3) is 0.661. The molecule has 0 aromatic rings. The molecular formula is C56H98N2O6P+. The van der Waals surface area contributed by atoms with Crippen molar-refractivity contribution < 1.29 is 32.9 Å². The van der Waals surface area contributed by atoms with Crippen LogP contribution < -0.4 is 5.32 Å². The van der Waals surface area contributed by atoms with E-state index in [0.29, 0.717) is 17.4 Å². The van der Waals surface area contributed by atoms with E-state index in [1.54, 1.807) is 6.08 Å². The first kappa shape index (κ1) is 62.2. The fourth-order valence-electron chi connectivity index (χ4n) is 6.66. The van der Waals surface area contributed by atoms with Crippen molar-refractivity contribution in [2.24, 2.45) is 0 Å². The van der Waals surface area contributed by atoms with E-state index in [-0.39, 0.29) is 19.1 Å². The van der Waals surface area contributed by atoms with Gasteiger partial charge < -0.3 is 19.8 Å². The summed E-state index contributed by atoms with van der Waals surface area (Å²) in [6.07, 6.45) is 67.4. The molecule has 0 saturated carbocycles. The molecular weight excluding hydrogens is 828 g/mol. The van der Waals surface area contributed by atoms with E-state index in [0.717, 1.165) is 96.3 Å². The summed E-state index contributed by atoms with van der Waals surface area (Å²) in [6, 6.07) is -0.882. The molecule has 3 atom stereocenters. The van der Waals surface area contributed by atoms with Crippen LogP contribution in [0.4, 0.5) is 0 Å². The van der Waals surface area contributed by atoms with Crippen LogP contribution in [0.15, 0.2) is 109 Å². The van der Waals surface area contributed by atoms with Crippen LogP contribution in [0, 0.1) is 0 Å². The molecule has 1 amide bonds. The number of carbonyl (C=O) groups excluding carboxylic acids is 1. The summed E-state index contributed by atoms with van der Waals surface area (Å²) >= 11 is 0. The molecule has 0 aromatic heterocycles. The quantitative estimate of drug-likeness (QED) is 0.0243. The minimum absolute atomic E-state index is 0.0457. The molecule has 0 aliphatic heterocycles. The fourth-order valence-corrected chi connectivity index (χ4v) is 7.40. The summed E-state index contributed by atoms with van der Waals surface area (Å²) in [7, 11) is 1.52. The Morgan fingerprint density at radius 2 is 0.938 bits per heavy atom. The third-order valence-corrected chi connectivity index (χ3v) is 11.7. The average Bonchev–Trinajstić information content (AvgIpc) is 3.26. The number of likely N-dealkylation sites (N-methyl/N-ethyl adjacent to an activating group) is 1. The number of quaternary nitrogens is 1. The van der Waals surface area contributed by atoms with Gasteiger partial charge >= 0.3 is 7.82 Å². The SMILES string of the molecule is CC/C=C\C/C=C\C/C=C\C/C=C\C/C=C\C/C=C\CCCCCCCCCCC(=O)NC(COP(=O)(O)OCC[N+](C)(C)C)C(O)/C=C/CC/C=C/CC/C=C/CCCCCCCC. The second-order valence-corrected chi connectivity index (χ2v) is 19.6. The van der Waals surface area contributed by atoms with Crippen LogP contribution in [-0.2, 0) is 18.4 Å². The average molecular weight is 926 g/mol. The summed E-state index contributed by atoms with van der Waals surface area (Å²) in [4.78, 5) is 23.2. The highest BCUT2D eigenvalue weighted by atomic mass is 31.2. The Kier molecular flexibility index (Phi) is 44.3. The summed E-state index contributed by atoms with van der Waals surface area (Å²) < 4.78 is 23.6. The van der Waals surface area contributed by atoms with Gasteiger partial charge in [0, 0.05) is 6.42 Å². The van der Waals surface area contributed by atoms with Crippen molar-refractivity contribution in [1.29, 1.82) is 0 Å². The van der Waals surface area contributed by atoms with E-state index in [1.807, 2.05) is 27.2 Å². The Bertz CT molecular complexity index is 1420. The van der Waals surface area contributed by atoms with Gasteiger partial charge in [-0.15, -0.1) is 0 Å². The number of hydrogen-bond donors (Lipinski definition) is 3. The lowest BCUT2D eigenvalue weighted by Gasteiger charge is -2.25. The number of hydrogen-bond acceptors (Lipinski definition) is 5. The van der Waals surface area contributed by atoms with Gasteiger partial charge in [-0.25, -0.2) is 4.57 Å². The van der Waals surface area contributed by atoms with Crippen LogP contribution in [0.3, 0.4) is 0 Å². The third kappa shape index (κ3) is 48.9. The van der Waals surface area contributed by atoms with E-state index in [2.05, 4.69) is 116 Å². The van der Waals surface area contributed by atoms with Crippen LogP contribution in [0.2, 0.25) is 0 Å². The zero-order valence-electron chi connectivity index (χ0n) is 42.2. The molecule has 0 fully saturated rings. The lowest BCUT2D eigenvalue weighted by molar-refractivity contribution is -0.870. The van der Waals surface area contributed by atoms with Crippen LogP contribution in [-0.4, -0.2) is 73.4 Å². The normalized spacial score (nSPS) is 15.0. The molecule has 0 aliphatic rings. The van der Waals surface area contributed by atoms with Crippen LogP contribution in [0.25, 0.3) is 0 Å². The number of nitrogens with one attached hydrogen (secondary N) is 1. The van der Waals surface area contributed by atoms with Crippen LogP contribution in [0.5, 0.6) is 0 Å². The smallest absolute Gasteiger partial charge is 0.387 e. The molecule has 0 aromatic carbocycles. The monoisotopic (exact) mass is 926 g/mol. The maximum Gasteiger partial charge on any atom is 0.472 e. The second kappa shape index (κ2) is 46.3. The van der Waals surface area contributed by atoms with Crippen molar-refractivity contribution >= 4 is 13.7 Å². The number of allylic oxidation sites excluding steroid dienone is 17. The van der Waals surface area contributed by atoms with E-state index >= 15 is 0 Å². The number of amides is 1. The molecule has 9 heteroatoms. The molecule has 0 radical (unpaired) electrons. The van der Waals surface area contributed by atoms with Gasteiger partial charge in [-0.05, 0) is 96.3 Å². The number of nitrogens with zero attached hydrogens (tertiary/aromatic N) is 1. The van der Waals surface area contributed by atoms with Gasteiger partial charge in [0.15, 0.2) is 0 Å². The lowest BCUT2D eigenvalue weighted by atomic mass is 10.1. The molecule has 8 nitrogen and oxygen atoms in total. The van der Waals surface area contributed by atoms with Gasteiger partial charge in [-0.2, -0.15) is 0 Å². The number of rotatable bonds is 45. The van der Waals surface area contributed by atoms with Crippen molar-refractivity contribution in [3.8, 4) is 0 Å². The van der Waals surface area contributed by atoms with Gasteiger partial charge in [0.1, 0.15) is 13.2 Å². The second-order valence-electron chi connectivity index (χ2n) is 18.1. The number of unbranched alkanes of at least 4 members (excludes halogenated alkanes) is 16. The lowest BCUT2D eigenvalue weighted by Crippen LogP contribution is -2.45. The Labute approximate surface area is 400 Å². The van der Waals surface area contributed by atoms with E-state index < -0.39 is 20.0 Å². The van der Waals surface area contributed by atoms with E-state index in [1.165, 1.54) is 70.6 Å². The maximum absolute atomic E-state index is 12.9. The predicted molar refractivity (Wildman–Crippen MR) is 281 cm³/mol. The Balaban J connectivity index is 4.37. The first-order chi connectivity index (χ1) is 31.5. The van der Waals surface area contributed by atoms with Gasteiger partial charge in [0.05, 0.1) is 39.9 Å². The van der Waals surface area contributed by atoms with Crippen molar-refractivity contribution in [3.63, 3.8) is 0 Å². The molecule has 3 N–H and O–H groups in total. The molecule has 0 bridgehead atoms. The highest BCUT2D eigenvalue weighted by Gasteiger charge is 2.27. The predicted octanol–water partition coefficient (Wildman–Crippen LogP) is 15.3. The molecule has 0 rings (SSSR count). The highest BCUT2D eigenvalue weighted by Crippen LogP contribution is 2.43. The Hall–Kier alpha value is -2.84. The zero-order chi connectivity index (χ0) is 47.8. The molecule has 3 unspecified atom stereocenters. The third-order valence-electron chi connectivity index (χ3n) is 10.7. The van der Waals surface area contributed by atoms with Gasteiger partial charge in [-0.1, -0.05) is 194 Å². The number of phosphoric acid groups is 1. The van der Waals surface area contributed by atoms with Gasteiger partial charge in [0.25, 0.3) is 0 Å². The number of phosphoric ester groups is 1. The molecule has 0 heterocycles. The van der Waals surface area contributed by atoms with Crippen molar-refractivity contribution in [3.05, 3.63) is 109 Å². The Morgan fingerprint density at radius 3 is 1.42 bits per heavy atom. The van der Waals surface area contributed by atoms with Crippen molar-refractivity contribution in [2.45, 2.75) is 199 Å². The molecule has 65 heavy (non-hydrogen) atoms. The minimum atomic E-state index is -4.36. The van der Waals surface area contributed by atoms with Gasteiger partial charge in [0.2, 0.25) is 5.91 Å². The van der Waals surface area contributed by atoms with Crippen LogP contribution in [0.1, 0.15) is 187 Å². The van der Waals surface area contributed by atoms with E-state index in [4.69, 9.17) is 9.05 Å². The van der Waals surface area contributed by atoms with Gasteiger partial charge in [-0.3, -0.25) is 13.8 Å². The van der Waals surface area contributed by atoms with Crippen LogP contribution >= 0.6 is 7.82 Å². The number of aliphatic hydroxyl groups excluding tert-OH is 1. The summed E-state index contributed by atoms with van der Waals surface area (Å²) in [5.41, 5.74) is 0. The van der Waals surface area contributed by atoms with E-state index in [9.17, 15) is 19.4 Å². The molecule has 0 saturated heterocycles. The standard InChI is InChI=1S/C56H97N2O6P/c1-6-8-10-12-14-16-18-20-22-24-25-26-27-28-29-30-31-32-33-34-36-38-40-42-44-46-48-50-56(60)57-54(53-64-65(61,62)63-52-51-58(3,4)5)55(59)49-47-45-43-41-39-37-35-23-21-19-17-15-13-11-9-7-2/h8,10,14,16,20-23,25-26,28-29,31-32,39,41,47,49,54-55,59H,6-7,9,11-13,15,17-19,24,27,30,33-38,40,42-46,48,50-53H2,1-5H3,(H-,57,60,61,62)/p+1/b10-8-,16-14-,22-20-,23-21+,26-25-,29-28-,32-31-,41-39+,49-47+. The minimum Gasteiger partial charge on any atom is -0.387 e. The number of aliphatic hydroxyl groups is 1. The molecule has 372 valence electrons. The molecule has 0 spiro atoms. The summed E-state index contributed by atoms with van der Waals surface area (Å²) in [5, 5.41) is 13.8. The first-order valence-corrected chi connectivity index (χ1v) is 27.3. The maximum atomic E-state index is 12.9.